The molecule has 0 aromatic carbocycles. The van der Waals surface area contributed by atoms with E-state index in [0.29, 0.717) is 0 Å². The molecular weight excluding hydrogens is 218 g/mol. The van der Waals surface area contributed by atoms with Gasteiger partial charge >= 0.3 is 0 Å². The first kappa shape index (κ1) is 12.4. The molecule has 0 aromatic heterocycles. The summed E-state index contributed by atoms with van der Waals surface area (Å²) >= 11 is 0. The Kier molecular flexibility index (Phi) is 3.66. The molecule has 0 spiro atoms. The van der Waals surface area contributed by atoms with Crippen molar-refractivity contribution in [3.8, 4) is 0 Å². The molecule has 0 aromatic rings. The van der Waals surface area contributed by atoms with E-state index in [1.165, 1.54) is 0 Å². The molecule has 17 heavy (non-hydrogen) atoms. The molecule has 2 saturated heterocycles. The predicted molar refractivity (Wildman–Crippen MR) is 64.5 cm³/mol. The lowest BCUT2D eigenvalue weighted by atomic mass is 10.1. The highest BCUT2D eigenvalue weighted by molar-refractivity contribution is 5.90. The fourth-order valence-electron chi connectivity index (χ4n) is 2.68. The van der Waals surface area contributed by atoms with Gasteiger partial charge in [0.15, 0.2) is 0 Å². The summed E-state index contributed by atoms with van der Waals surface area (Å²) in [4.78, 5) is 27.6. The van der Waals surface area contributed by atoms with E-state index in [0.717, 1.165) is 38.8 Å². The monoisotopic (exact) mass is 239 g/mol. The molecule has 2 amide bonds. The average Bonchev–Trinajstić information content (AvgIpc) is 2.97. The van der Waals surface area contributed by atoms with Crippen LogP contribution in [0.15, 0.2) is 0 Å². The third kappa shape index (κ3) is 2.44. The quantitative estimate of drug-likeness (QED) is 0.727. The maximum atomic E-state index is 12.3. The Labute approximate surface area is 102 Å². The molecule has 5 heteroatoms. The van der Waals surface area contributed by atoms with Crippen molar-refractivity contribution in [1.29, 1.82) is 0 Å². The van der Waals surface area contributed by atoms with Crippen LogP contribution in [-0.2, 0) is 9.59 Å². The molecule has 1 N–H and O–H groups in total. The van der Waals surface area contributed by atoms with Gasteiger partial charge < -0.3 is 15.1 Å². The number of nitrogens with zero attached hydrogens (tertiary/aromatic N) is 2. The van der Waals surface area contributed by atoms with E-state index in [1.807, 2.05) is 0 Å². The summed E-state index contributed by atoms with van der Waals surface area (Å²) < 4.78 is 0. The number of amides is 2. The highest BCUT2D eigenvalue weighted by atomic mass is 16.2. The van der Waals surface area contributed by atoms with Gasteiger partial charge in [0.1, 0.15) is 6.04 Å². The summed E-state index contributed by atoms with van der Waals surface area (Å²) in [5, 5.41) is 3.21. The molecule has 2 rings (SSSR count). The molecule has 2 aliphatic rings. The van der Waals surface area contributed by atoms with Crippen molar-refractivity contribution in [2.75, 3.05) is 27.2 Å². The molecule has 0 aliphatic carbocycles. The fourth-order valence-corrected chi connectivity index (χ4v) is 2.68. The van der Waals surface area contributed by atoms with E-state index >= 15 is 0 Å². The number of hydrogen-bond donors (Lipinski definition) is 1. The molecule has 0 radical (unpaired) electrons. The van der Waals surface area contributed by atoms with Crippen molar-refractivity contribution < 1.29 is 9.59 Å². The first-order valence-corrected chi connectivity index (χ1v) is 6.36. The molecule has 0 bridgehead atoms. The molecule has 96 valence electrons. The van der Waals surface area contributed by atoms with E-state index in [2.05, 4.69) is 5.32 Å². The van der Waals surface area contributed by atoms with Crippen molar-refractivity contribution in [1.82, 2.24) is 15.1 Å². The molecule has 1 unspecified atom stereocenters. The van der Waals surface area contributed by atoms with Gasteiger partial charge in [0.05, 0.1) is 6.04 Å². The van der Waals surface area contributed by atoms with Crippen LogP contribution >= 0.6 is 0 Å². The molecule has 2 fully saturated rings. The van der Waals surface area contributed by atoms with Crippen molar-refractivity contribution in [3.63, 3.8) is 0 Å². The third-order valence-corrected chi connectivity index (χ3v) is 3.62. The van der Waals surface area contributed by atoms with Crippen molar-refractivity contribution in [2.24, 2.45) is 0 Å². The van der Waals surface area contributed by atoms with E-state index in [-0.39, 0.29) is 23.9 Å². The van der Waals surface area contributed by atoms with E-state index in [1.54, 1.807) is 23.9 Å². The largest absolute Gasteiger partial charge is 0.347 e. The lowest BCUT2D eigenvalue weighted by molar-refractivity contribution is -0.143. The lowest BCUT2D eigenvalue weighted by Gasteiger charge is -2.28. The summed E-state index contributed by atoms with van der Waals surface area (Å²) in [6.07, 6.45) is 3.69. The van der Waals surface area contributed by atoms with Gasteiger partial charge in [0.2, 0.25) is 11.8 Å². The van der Waals surface area contributed by atoms with Crippen LogP contribution in [0.4, 0.5) is 0 Å². The average molecular weight is 239 g/mol. The van der Waals surface area contributed by atoms with Crippen LogP contribution in [0.3, 0.4) is 0 Å². The molecular formula is C12H21N3O2. The van der Waals surface area contributed by atoms with Gasteiger partial charge in [-0.25, -0.2) is 0 Å². The zero-order valence-corrected chi connectivity index (χ0v) is 10.6. The Bertz CT molecular complexity index is 311. The van der Waals surface area contributed by atoms with Crippen molar-refractivity contribution >= 4 is 11.8 Å². The van der Waals surface area contributed by atoms with Crippen molar-refractivity contribution in [2.45, 2.75) is 37.8 Å². The van der Waals surface area contributed by atoms with Gasteiger partial charge in [-0.1, -0.05) is 0 Å². The number of rotatable bonds is 2. The van der Waals surface area contributed by atoms with Crippen LogP contribution in [-0.4, -0.2) is 60.9 Å². The second-order valence-corrected chi connectivity index (χ2v) is 5.07. The molecule has 2 atom stereocenters. The zero-order chi connectivity index (χ0) is 12.4. The normalized spacial score (nSPS) is 28.5. The molecule has 0 saturated carbocycles. The SMILES string of the molecule is CN(C)C(=O)C1CCCN1C(=O)[C@@H]1CCCN1. The summed E-state index contributed by atoms with van der Waals surface area (Å²) in [6, 6.07) is -0.300. The number of hydrogen-bond acceptors (Lipinski definition) is 3. The van der Waals surface area contributed by atoms with Gasteiger partial charge in [0, 0.05) is 20.6 Å². The fraction of sp³-hybridized carbons (Fsp3) is 0.833. The minimum absolute atomic E-state index is 0.0499. The number of carbonyl (C=O) groups is 2. The molecule has 2 heterocycles. The topological polar surface area (TPSA) is 52.7 Å². The van der Waals surface area contributed by atoms with E-state index in [4.69, 9.17) is 0 Å². The maximum Gasteiger partial charge on any atom is 0.244 e. The van der Waals surface area contributed by atoms with Crippen molar-refractivity contribution in [3.05, 3.63) is 0 Å². The second-order valence-electron chi connectivity index (χ2n) is 5.07. The minimum atomic E-state index is -0.236. The van der Waals surface area contributed by atoms with Gasteiger partial charge in [-0.3, -0.25) is 9.59 Å². The van der Waals surface area contributed by atoms with Crippen LogP contribution in [0, 0.1) is 0 Å². The van der Waals surface area contributed by atoms with Gasteiger partial charge in [-0.15, -0.1) is 0 Å². The Morgan fingerprint density at radius 1 is 1.24 bits per heavy atom. The van der Waals surface area contributed by atoms with Gasteiger partial charge in [-0.05, 0) is 32.2 Å². The number of carbonyl (C=O) groups excluding carboxylic acids is 2. The lowest BCUT2D eigenvalue weighted by Crippen LogP contribution is -2.50. The van der Waals surface area contributed by atoms with E-state index in [9.17, 15) is 9.59 Å². The number of likely N-dealkylation sites (tertiary alicyclic amines) is 1. The van der Waals surface area contributed by atoms with Crippen LogP contribution in [0.25, 0.3) is 0 Å². The number of likely N-dealkylation sites (N-methyl/N-ethyl adjacent to an activating group) is 1. The summed E-state index contributed by atoms with van der Waals surface area (Å²) in [6.45, 7) is 1.64. The van der Waals surface area contributed by atoms with Crippen LogP contribution in [0.5, 0.6) is 0 Å². The molecule has 2 aliphatic heterocycles. The minimum Gasteiger partial charge on any atom is -0.347 e. The standard InChI is InChI=1S/C12H21N3O2/c1-14(2)12(17)10-6-4-8-15(10)11(16)9-5-3-7-13-9/h9-10,13H,3-8H2,1-2H3/t9-,10?/m0/s1. The third-order valence-electron chi connectivity index (χ3n) is 3.62. The Morgan fingerprint density at radius 3 is 2.59 bits per heavy atom. The van der Waals surface area contributed by atoms with Crippen LogP contribution in [0.1, 0.15) is 25.7 Å². The number of nitrogens with one attached hydrogen (secondary N) is 1. The zero-order valence-electron chi connectivity index (χ0n) is 10.6. The summed E-state index contributed by atoms with van der Waals surface area (Å²) in [5.74, 6) is 0.161. The van der Waals surface area contributed by atoms with E-state index < -0.39 is 0 Å². The predicted octanol–water partition coefficient (Wildman–Crippen LogP) is -0.182. The highest BCUT2D eigenvalue weighted by Crippen LogP contribution is 2.21. The first-order valence-electron chi connectivity index (χ1n) is 6.36. The smallest absolute Gasteiger partial charge is 0.244 e. The highest BCUT2D eigenvalue weighted by Gasteiger charge is 2.38. The van der Waals surface area contributed by atoms with Crippen LogP contribution < -0.4 is 5.32 Å². The van der Waals surface area contributed by atoms with Gasteiger partial charge in [0.25, 0.3) is 0 Å². The maximum absolute atomic E-state index is 12.3. The van der Waals surface area contributed by atoms with Gasteiger partial charge in [-0.2, -0.15) is 0 Å². The van der Waals surface area contributed by atoms with Crippen LogP contribution in [0.2, 0.25) is 0 Å². The second kappa shape index (κ2) is 5.04. The molecule has 5 nitrogen and oxygen atoms in total. The Morgan fingerprint density at radius 2 is 2.00 bits per heavy atom. The summed E-state index contributed by atoms with van der Waals surface area (Å²) in [5.41, 5.74) is 0. The Hall–Kier alpha value is -1.10. The first-order chi connectivity index (χ1) is 8.11. The Balaban J connectivity index is 2.03. The summed E-state index contributed by atoms with van der Waals surface area (Å²) in [7, 11) is 3.49.